The number of amides is 1. The minimum Gasteiger partial charge on any atom is -0.495 e. The Morgan fingerprint density at radius 2 is 1.55 bits per heavy atom. The molecule has 0 bridgehead atoms. The number of nitrogens with one attached hydrogen (secondary N) is 1. The molecule has 4 rings (SSSR count). The highest BCUT2D eigenvalue weighted by Gasteiger charge is 2.28. The molecule has 0 unspecified atom stereocenters. The first kappa shape index (κ1) is 22.0. The lowest BCUT2D eigenvalue weighted by molar-refractivity contribution is 0.112. The second-order valence-corrected chi connectivity index (χ2v) is 7.40. The normalized spacial score (nSPS) is 11.5. The fourth-order valence-corrected chi connectivity index (χ4v) is 4.02. The summed E-state index contributed by atoms with van der Waals surface area (Å²) < 4.78 is 16.1. The lowest BCUT2D eigenvalue weighted by atomic mass is 9.98. The third kappa shape index (κ3) is 4.53. The molecular formula is C27H23NO5. The van der Waals surface area contributed by atoms with Gasteiger partial charge in [-0.25, -0.2) is 4.79 Å². The smallest absolute Gasteiger partial charge is 0.407 e. The van der Waals surface area contributed by atoms with Crippen molar-refractivity contribution in [3.8, 4) is 34.5 Å². The SMILES string of the molecule is COc1cc(C=O)cc(OC)c1C#CCNC(=O)OCC1c2ccccc2-c2ccccc21. The van der Waals surface area contributed by atoms with Crippen molar-refractivity contribution in [2.45, 2.75) is 5.92 Å². The Hall–Kier alpha value is -4.24. The van der Waals surface area contributed by atoms with Gasteiger partial charge >= 0.3 is 6.09 Å². The predicted octanol–water partition coefficient (Wildman–Crippen LogP) is 4.41. The van der Waals surface area contributed by atoms with Crippen LogP contribution in [-0.2, 0) is 4.74 Å². The van der Waals surface area contributed by atoms with E-state index in [4.69, 9.17) is 14.2 Å². The molecule has 1 amide bonds. The number of hydrogen-bond donors (Lipinski definition) is 1. The van der Waals surface area contributed by atoms with E-state index in [0.717, 1.165) is 11.1 Å². The number of carbonyl (C=O) groups excluding carboxylic acids is 2. The Balaban J connectivity index is 1.39. The van der Waals surface area contributed by atoms with Crippen molar-refractivity contribution in [1.82, 2.24) is 5.32 Å². The van der Waals surface area contributed by atoms with Crippen molar-refractivity contribution in [2.75, 3.05) is 27.4 Å². The van der Waals surface area contributed by atoms with Crippen LogP contribution in [0.2, 0.25) is 0 Å². The van der Waals surface area contributed by atoms with Crippen LogP contribution < -0.4 is 14.8 Å². The van der Waals surface area contributed by atoms with E-state index in [-0.39, 0.29) is 19.1 Å². The van der Waals surface area contributed by atoms with Crippen LogP contribution in [0.15, 0.2) is 60.7 Å². The zero-order valence-electron chi connectivity index (χ0n) is 18.4. The van der Waals surface area contributed by atoms with E-state index in [0.29, 0.717) is 28.9 Å². The van der Waals surface area contributed by atoms with E-state index in [2.05, 4.69) is 41.4 Å². The van der Waals surface area contributed by atoms with Gasteiger partial charge < -0.3 is 19.5 Å². The second kappa shape index (κ2) is 9.92. The van der Waals surface area contributed by atoms with Crippen LogP contribution >= 0.6 is 0 Å². The van der Waals surface area contributed by atoms with Crippen LogP contribution in [0, 0.1) is 11.8 Å². The third-order valence-electron chi connectivity index (χ3n) is 5.54. The minimum absolute atomic E-state index is 0.000842. The first-order chi connectivity index (χ1) is 16.2. The summed E-state index contributed by atoms with van der Waals surface area (Å²) in [5, 5.41) is 2.65. The van der Waals surface area contributed by atoms with E-state index in [1.165, 1.54) is 25.3 Å². The standard InChI is InChI=1S/C27H23NO5/c1-31-25-14-18(16-29)15-26(32-2)23(25)12-7-13-28-27(30)33-17-24-21-10-5-3-8-19(21)20-9-4-6-11-22(20)24/h3-6,8-11,14-16,24H,13,17H2,1-2H3,(H,28,30). The zero-order chi connectivity index (χ0) is 23.2. The molecule has 3 aromatic rings. The summed E-state index contributed by atoms with van der Waals surface area (Å²) in [6.07, 6.45) is 0.169. The Bertz CT molecular complexity index is 1180. The van der Waals surface area contributed by atoms with Gasteiger partial charge in [0.25, 0.3) is 0 Å². The van der Waals surface area contributed by atoms with E-state index in [1.807, 2.05) is 24.3 Å². The Kier molecular flexibility index (Phi) is 6.61. The van der Waals surface area contributed by atoms with Crippen LogP contribution in [0.5, 0.6) is 11.5 Å². The van der Waals surface area contributed by atoms with E-state index in [1.54, 1.807) is 12.1 Å². The van der Waals surface area contributed by atoms with Crippen LogP contribution in [0.25, 0.3) is 11.1 Å². The van der Waals surface area contributed by atoms with Crippen LogP contribution in [0.3, 0.4) is 0 Å². The highest BCUT2D eigenvalue weighted by Crippen LogP contribution is 2.44. The number of aldehydes is 1. The average Bonchev–Trinajstić information content (AvgIpc) is 3.18. The van der Waals surface area contributed by atoms with E-state index < -0.39 is 6.09 Å². The van der Waals surface area contributed by atoms with Gasteiger partial charge in [-0.05, 0) is 34.4 Å². The molecule has 166 valence electrons. The lowest BCUT2D eigenvalue weighted by Gasteiger charge is -2.14. The highest BCUT2D eigenvalue weighted by atomic mass is 16.5. The monoisotopic (exact) mass is 441 g/mol. The van der Waals surface area contributed by atoms with Crippen LogP contribution in [0.4, 0.5) is 4.79 Å². The van der Waals surface area contributed by atoms with Gasteiger partial charge in [-0.1, -0.05) is 60.4 Å². The lowest BCUT2D eigenvalue weighted by Crippen LogP contribution is -2.26. The van der Waals surface area contributed by atoms with E-state index in [9.17, 15) is 9.59 Å². The molecule has 0 aromatic heterocycles. The summed E-state index contributed by atoms with van der Waals surface area (Å²) >= 11 is 0. The fourth-order valence-electron chi connectivity index (χ4n) is 4.02. The van der Waals surface area contributed by atoms with Crippen LogP contribution in [-0.4, -0.2) is 39.8 Å². The van der Waals surface area contributed by atoms with Gasteiger partial charge in [0, 0.05) is 11.5 Å². The topological polar surface area (TPSA) is 73.9 Å². The number of rotatable bonds is 6. The molecule has 0 radical (unpaired) electrons. The van der Waals surface area contributed by atoms with Gasteiger partial charge in [0.05, 0.1) is 20.8 Å². The number of ether oxygens (including phenoxy) is 3. The van der Waals surface area contributed by atoms with Gasteiger partial charge in [-0.3, -0.25) is 4.79 Å². The van der Waals surface area contributed by atoms with E-state index >= 15 is 0 Å². The Labute approximate surface area is 192 Å². The highest BCUT2D eigenvalue weighted by molar-refractivity contribution is 5.79. The van der Waals surface area contributed by atoms with Crippen molar-refractivity contribution in [2.24, 2.45) is 0 Å². The summed E-state index contributed by atoms with van der Waals surface area (Å²) in [6, 6.07) is 19.5. The summed E-state index contributed by atoms with van der Waals surface area (Å²) in [6.45, 7) is 0.320. The predicted molar refractivity (Wildman–Crippen MR) is 125 cm³/mol. The van der Waals surface area contributed by atoms with Gasteiger partial charge in [0.2, 0.25) is 0 Å². The molecule has 1 aliphatic rings. The number of alkyl carbamates (subject to hydrolysis) is 1. The molecule has 6 heteroatoms. The summed E-state index contributed by atoms with van der Waals surface area (Å²) in [7, 11) is 2.98. The van der Waals surface area contributed by atoms with Crippen molar-refractivity contribution >= 4 is 12.4 Å². The summed E-state index contributed by atoms with van der Waals surface area (Å²) in [4.78, 5) is 23.3. The molecule has 1 aliphatic carbocycles. The molecule has 0 aliphatic heterocycles. The van der Waals surface area contributed by atoms with Gasteiger partial charge in [-0.2, -0.15) is 0 Å². The van der Waals surface area contributed by atoms with Gasteiger partial charge in [0.15, 0.2) is 0 Å². The largest absolute Gasteiger partial charge is 0.495 e. The maximum Gasteiger partial charge on any atom is 0.407 e. The fraction of sp³-hybridized carbons (Fsp3) is 0.185. The van der Waals surface area contributed by atoms with Crippen molar-refractivity contribution < 1.29 is 23.8 Å². The minimum atomic E-state index is -0.540. The maximum atomic E-state index is 12.3. The average molecular weight is 441 g/mol. The number of fused-ring (bicyclic) bond motifs is 3. The molecule has 3 aromatic carbocycles. The first-order valence-electron chi connectivity index (χ1n) is 10.4. The van der Waals surface area contributed by atoms with Gasteiger partial charge in [0.1, 0.15) is 30.0 Å². The Morgan fingerprint density at radius 1 is 0.970 bits per heavy atom. The molecule has 0 fully saturated rings. The summed E-state index contributed by atoms with van der Waals surface area (Å²) in [5.74, 6) is 6.64. The first-order valence-corrected chi connectivity index (χ1v) is 10.4. The molecule has 0 saturated heterocycles. The molecule has 6 nitrogen and oxygen atoms in total. The number of carbonyl (C=O) groups is 2. The molecule has 33 heavy (non-hydrogen) atoms. The number of hydrogen-bond acceptors (Lipinski definition) is 5. The molecule has 0 saturated carbocycles. The molecule has 0 spiro atoms. The van der Waals surface area contributed by atoms with Crippen molar-refractivity contribution in [3.05, 3.63) is 82.9 Å². The molecule has 0 atom stereocenters. The maximum absolute atomic E-state index is 12.3. The molecule has 1 N–H and O–H groups in total. The second-order valence-electron chi connectivity index (χ2n) is 7.40. The third-order valence-corrected chi connectivity index (χ3v) is 5.54. The summed E-state index contributed by atoms with van der Waals surface area (Å²) in [5.41, 5.74) is 5.59. The number of methoxy groups -OCH3 is 2. The molecule has 0 heterocycles. The molecular weight excluding hydrogens is 418 g/mol. The van der Waals surface area contributed by atoms with Gasteiger partial charge in [-0.15, -0.1) is 0 Å². The van der Waals surface area contributed by atoms with Crippen LogP contribution in [0.1, 0.15) is 33.0 Å². The number of benzene rings is 3. The van der Waals surface area contributed by atoms with Crippen molar-refractivity contribution in [3.63, 3.8) is 0 Å². The quantitative estimate of drug-likeness (QED) is 0.453. The van der Waals surface area contributed by atoms with Crippen molar-refractivity contribution in [1.29, 1.82) is 0 Å². The zero-order valence-corrected chi connectivity index (χ0v) is 18.4. The Morgan fingerprint density at radius 3 is 2.09 bits per heavy atom.